The predicted octanol–water partition coefficient (Wildman–Crippen LogP) is 9.14. The molecule has 0 saturated heterocycles. The summed E-state index contributed by atoms with van der Waals surface area (Å²) < 4.78 is 11.3. The molecule has 0 heterocycles. The van der Waals surface area contributed by atoms with Crippen molar-refractivity contribution in [3.8, 4) is 22.6 Å². The van der Waals surface area contributed by atoms with Crippen LogP contribution in [0.15, 0.2) is 109 Å². The quantitative estimate of drug-likeness (QED) is 0.210. The van der Waals surface area contributed by atoms with Gasteiger partial charge in [-0.2, -0.15) is 0 Å². The highest BCUT2D eigenvalue weighted by Crippen LogP contribution is 2.46. The highest BCUT2D eigenvalue weighted by Gasteiger charge is 2.42. The molecular formula is C39H44N2O4. The predicted molar refractivity (Wildman–Crippen MR) is 180 cm³/mol. The first-order chi connectivity index (χ1) is 21.4. The Bertz CT molecular complexity index is 1580. The summed E-state index contributed by atoms with van der Waals surface area (Å²) in [5, 5.41) is 6.05. The van der Waals surface area contributed by atoms with Crippen molar-refractivity contribution in [3.63, 3.8) is 0 Å². The first-order valence-corrected chi connectivity index (χ1v) is 15.7. The molecule has 5 rings (SSSR count). The Morgan fingerprint density at radius 3 is 1.82 bits per heavy atom. The maximum Gasteiger partial charge on any atom is 0.412 e. The number of nitrogens with one attached hydrogen (secondary N) is 2. The van der Waals surface area contributed by atoms with Crippen LogP contribution in [0, 0.1) is 10.8 Å². The van der Waals surface area contributed by atoms with E-state index in [1.165, 1.54) is 5.56 Å². The lowest BCUT2D eigenvalue weighted by atomic mass is 9.62. The van der Waals surface area contributed by atoms with Crippen LogP contribution in [-0.4, -0.2) is 24.8 Å². The zero-order valence-corrected chi connectivity index (χ0v) is 26.9. The Morgan fingerprint density at radius 1 is 0.689 bits per heavy atom. The van der Waals surface area contributed by atoms with E-state index in [4.69, 9.17) is 9.47 Å². The van der Waals surface area contributed by atoms with Crippen LogP contribution in [0.4, 0.5) is 9.59 Å². The number of hydrogen-bond donors (Lipinski definition) is 2. The molecular weight excluding hydrogens is 560 g/mol. The monoisotopic (exact) mass is 604 g/mol. The van der Waals surface area contributed by atoms with E-state index in [9.17, 15) is 9.59 Å². The summed E-state index contributed by atoms with van der Waals surface area (Å²) in [6.07, 6.45) is 1.47. The Balaban J connectivity index is 1.14. The fraction of sp³-hybridized carbons (Fsp3) is 0.333. The number of ether oxygens (including phenoxy) is 2. The van der Waals surface area contributed by atoms with Gasteiger partial charge in [0, 0.05) is 18.0 Å². The van der Waals surface area contributed by atoms with Crippen LogP contribution in [-0.2, 0) is 5.41 Å². The van der Waals surface area contributed by atoms with Gasteiger partial charge in [-0.25, -0.2) is 9.59 Å². The number of rotatable bonds is 8. The average molecular weight is 605 g/mol. The van der Waals surface area contributed by atoms with E-state index in [-0.39, 0.29) is 22.3 Å². The fourth-order valence-electron chi connectivity index (χ4n) is 6.91. The van der Waals surface area contributed by atoms with Crippen LogP contribution in [0.3, 0.4) is 0 Å². The summed E-state index contributed by atoms with van der Waals surface area (Å²) in [5.41, 5.74) is 4.08. The topological polar surface area (TPSA) is 76.7 Å². The highest BCUT2D eigenvalue weighted by molar-refractivity contribution is 5.72. The molecule has 0 bridgehead atoms. The number of benzene rings is 4. The molecule has 0 aromatic heterocycles. The van der Waals surface area contributed by atoms with Crippen molar-refractivity contribution in [1.29, 1.82) is 0 Å². The fourth-order valence-corrected chi connectivity index (χ4v) is 6.91. The summed E-state index contributed by atoms with van der Waals surface area (Å²) in [7, 11) is 0. The minimum atomic E-state index is -0.491. The lowest BCUT2D eigenvalue weighted by molar-refractivity contribution is 0.0701. The Morgan fingerprint density at radius 2 is 1.20 bits per heavy atom. The lowest BCUT2D eigenvalue weighted by Crippen LogP contribution is -2.51. The molecule has 4 aromatic rings. The molecule has 2 unspecified atom stereocenters. The van der Waals surface area contributed by atoms with Crippen LogP contribution in [0.25, 0.3) is 11.1 Å². The summed E-state index contributed by atoms with van der Waals surface area (Å²) >= 11 is 0. The van der Waals surface area contributed by atoms with Crippen molar-refractivity contribution >= 4 is 12.2 Å². The van der Waals surface area contributed by atoms with Gasteiger partial charge in [0.25, 0.3) is 0 Å². The second-order valence-corrected chi connectivity index (χ2v) is 13.9. The van der Waals surface area contributed by atoms with Crippen LogP contribution < -0.4 is 20.1 Å². The largest absolute Gasteiger partial charge is 0.412 e. The van der Waals surface area contributed by atoms with E-state index in [1.807, 2.05) is 84.9 Å². The lowest BCUT2D eigenvalue weighted by Gasteiger charge is -2.46. The number of carbonyl (C=O) groups excluding carboxylic acids is 2. The SMILES string of the molecule is CC1(C)CC(NC(=O)Oc2ccc(C(C)(C)c3ccccc3)cc2)CC(C)(CNC(=O)Oc2ccc(-c3ccccc3)cc2)C1. The van der Waals surface area contributed by atoms with E-state index in [0.29, 0.717) is 24.5 Å². The second kappa shape index (κ2) is 13.2. The molecule has 1 saturated carbocycles. The summed E-state index contributed by atoms with van der Waals surface area (Å²) in [6.45, 7) is 11.4. The van der Waals surface area contributed by atoms with Gasteiger partial charge in [-0.3, -0.25) is 0 Å². The molecule has 2 N–H and O–H groups in total. The van der Waals surface area contributed by atoms with E-state index >= 15 is 0 Å². The van der Waals surface area contributed by atoms with E-state index in [1.54, 1.807) is 12.1 Å². The maximum absolute atomic E-state index is 13.0. The molecule has 1 fully saturated rings. The summed E-state index contributed by atoms with van der Waals surface area (Å²) in [4.78, 5) is 25.7. The van der Waals surface area contributed by atoms with Gasteiger partial charge in [-0.1, -0.05) is 120 Å². The Kier molecular flexibility index (Phi) is 9.33. The molecule has 0 aliphatic heterocycles. The molecule has 1 aliphatic rings. The van der Waals surface area contributed by atoms with Crippen molar-refractivity contribution in [2.24, 2.45) is 10.8 Å². The third-order valence-corrected chi connectivity index (χ3v) is 8.88. The van der Waals surface area contributed by atoms with Gasteiger partial charge < -0.3 is 20.1 Å². The number of carbonyl (C=O) groups is 2. The van der Waals surface area contributed by atoms with E-state index < -0.39 is 12.2 Å². The van der Waals surface area contributed by atoms with Crippen molar-refractivity contribution < 1.29 is 19.1 Å². The van der Waals surface area contributed by atoms with Crippen molar-refractivity contribution in [3.05, 3.63) is 120 Å². The molecule has 2 atom stereocenters. The average Bonchev–Trinajstić information content (AvgIpc) is 3.00. The summed E-state index contributed by atoms with van der Waals surface area (Å²) in [6, 6.07) is 35.5. The van der Waals surface area contributed by atoms with E-state index in [2.05, 4.69) is 57.4 Å². The highest BCUT2D eigenvalue weighted by atomic mass is 16.6. The standard InChI is InChI=1S/C39H44N2O4/c1-37(2)24-32(41-36(43)45-34-22-18-31(19-23-34)38(3,4)30-14-10-7-11-15-30)25-39(5,26-37)27-40-35(42)44-33-20-16-29(17-21-33)28-12-8-6-9-13-28/h6-23,32H,24-27H2,1-5H3,(H,40,42)(H,41,43). The van der Waals surface area contributed by atoms with Gasteiger partial charge in [0.15, 0.2) is 0 Å². The third kappa shape index (κ3) is 8.33. The van der Waals surface area contributed by atoms with Gasteiger partial charge in [-0.05, 0) is 76.6 Å². The first kappa shape index (κ1) is 31.8. The molecule has 6 heteroatoms. The molecule has 45 heavy (non-hydrogen) atoms. The van der Waals surface area contributed by atoms with Gasteiger partial charge in [0.2, 0.25) is 0 Å². The van der Waals surface area contributed by atoms with Gasteiger partial charge in [-0.15, -0.1) is 0 Å². The summed E-state index contributed by atoms with van der Waals surface area (Å²) in [5.74, 6) is 0.986. The molecule has 6 nitrogen and oxygen atoms in total. The Hall–Kier alpha value is -4.58. The van der Waals surface area contributed by atoms with Gasteiger partial charge >= 0.3 is 12.2 Å². The first-order valence-electron chi connectivity index (χ1n) is 15.7. The van der Waals surface area contributed by atoms with Crippen molar-refractivity contribution in [1.82, 2.24) is 10.6 Å². The van der Waals surface area contributed by atoms with Gasteiger partial charge in [0.1, 0.15) is 11.5 Å². The normalized spacial score (nSPS) is 19.3. The zero-order valence-electron chi connectivity index (χ0n) is 26.9. The molecule has 0 radical (unpaired) electrons. The van der Waals surface area contributed by atoms with Crippen LogP contribution in [0.2, 0.25) is 0 Å². The number of amides is 2. The molecule has 0 spiro atoms. The third-order valence-electron chi connectivity index (χ3n) is 8.88. The number of hydrogen-bond acceptors (Lipinski definition) is 4. The minimum Gasteiger partial charge on any atom is -0.410 e. The molecule has 4 aromatic carbocycles. The molecule has 2 amide bonds. The second-order valence-electron chi connectivity index (χ2n) is 13.9. The zero-order chi connectivity index (χ0) is 32.1. The molecule has 1 aliphatic carbocycles. The van der Waals surface area contributed by atoms with Crippen LogP contribution in [0.1, 0.15) is 65.0 Å². The van der Waals surface area contributed by atoms with Crippen LogP contribution >= 0.6 is 0 Å². The van der Waals surface area contributed by atoms with Gasteiger partial charge in [0.05, 0.1) is 0 Å². The minimum absolute atomic E-state index is 0.0333. The Labute approximate surface area is 267 Å². The van der Waals surface area contributed by atoms with E-state index in [0.717, 1.165) is 29.5 Å². The van der Waals surface area contributed by atoms with Crippen molar-refractivity contribution in [2.75, 3.05) is 6.54 Å². The maximum atomic E-state index is 13.0. The molecule has 234 valence electrons. The van der Waals surface area contributed by atoms with Crippen molar-refractivity contribution in [2.45, 2.75) is 65.3 Å². The smallest absolute Gasteiger partial charge is 0.410 e. The van der Waals surface area contributed by atoms with Crippen LogP contribution in [0.5, 0.6) is 11.5 Å².